The van der Waals surface area contributed by atoms with Crippen LogP contribution >= 0.6 is 15.6 Å². The van der Waals surface area contributed by atoms with Crippen LogP contribution in [0.5, 0.6) is 0 Å². The van der Waals surface area contributed by atoms with E-state index in [0.29, 0.717) is 0 Å². The smallest absolute Gasteiger partial charge is 4.00 e. The predicted molar refractivity (Wildman–Crippen MR) is 216 cm³/mol. The summed E-state index contributed by atoms with van der Waals surface area (Å²) in [4.78, 5) is 17.1. The van der Waals surface area contributed by atoms with Crippen molar-refractivity contribution in [2.24, 2.45) is 0 Å². The topological polar surface area (TPSA) is 86.3 Å². The molecule has 0 atom stereocenters. The first-order valence-corrected chi connectivity index (χ1v) is 21.0. The van der Waals surface area contributed by atoms with Gasteiger partial charge in [-0.1, -0.05) is 47.5 Å². The van der Waals surface area contributed by atoms with Gasteiger partial charge in [-0.3, -0.25) is 0 Å². The fraction of sp³-hybridized carbons (Fsp3) is 0.211. The molecule has 23 heteroatoms. The number of halogens is 12. The third kappa shape index (κ3) is 26.1. The molecule has 0 unspecified atom stereocenters. The zero-order valence-corrected chi connectivity index (χ0v) is 37.3. The van der Waals surface area contributed by atoms with Gasteiger partial charge >= 0.3 is 85.5 Å². The van der Waals surface area contributed by atoms with Crippen LogP contribution in [0.15, 0.2) is 97.9 Å². The van der Waals surface area contributed by atoms with E-state index in [1.54, 1.807) is 12.1 Å². The fourth-order valence-electron chi connectivity index (χ4n) is 5.42. The molecule has 0 amide bonds. The summed E-state index contributed by atoms with van der Waals surface area (Å²) in [6, 6.07) is 24.2. The van der Waals surface area contributed by atoms with Crippen LogP contribution in [0.25, 0.3) is 0 Å². The summed E-state index contributed by atoms with van der Waals surface area (Å²) in [5.41, 5.74) is 10.2. The van der Waals surface area contributed by atoms with Gasteiger partial charge < -0.3 is 19.6 Å². The van der Waals surface area contributed by atoms with Crippen molar-refractivity contribution < 1.29 is 69.8 Å². The molecule has 0 fully saturated rings. The van der Waals surface area contributed by atoms with Crippen molar-refractivity contribution in [3.05, 3.63) is 145 Å². The SMILES string of the molecule is CC#N.CC#N.Cc1cc(C)c(N2C=CN(c3ccccn3)[CH-]2)c(C)c1.Cc1cc(C)c(N2C=CN(c3ccccn3)[CH-]2)c(C)c1.F[P-](F)(F)(F)(F)F.F[P-](F)(F)(F)(F)F.[Ru+4]. The summed E-state index contributed by atoms with van der Waals surface area (Å²) < 4.78 is 118. The van der Waals surface area contributed by atoms with Gasteiger partial charge in [0.2, 0.25) is 0 Å². The quantitative estimate of drug-likeness (QED) is 0.0865. The Morgan fingerprint density at radius 1 is 0.475 bits per heavy atom. The van der Waals surface area contributed by atoms with E-state index in [9.17, 15) is 50.4 Å². The van der Waals surface area contributed by atoms with Gasteiger partial charge in [-0.05, 0) is 113 Å². The molecule has 8 nitrogen and oxygen atoms in total. The minimum atomic E-state index is -10.7. The van der Waals surface area contributed by atoms with Crippen LogP contribution in [-0.2, 0) is 19.5 Å². The molecule has 4 heterocycles. The summed E-state index contributed by atoms with van der Waals surface area (Å²) in [7, 11) is -21.3. The molecule has 0 spiro atoms. The first-order valence-electron chi connectivity index (χ1n) is 17.0. The summed E-state index contributed by atoms with van der Waals surface area (Å²) in [5.74, 6) is 1.85. The molecule has 2 aliphatic rings. The Kier molecular flexibility index (Phi) is 18.6. The minimum absolute atomic E-state index is 0. The van der Waals surface area contributed by atoms with Gasteiger partial charge in [0.25, 0.3) is 0 Å². The number of hydrogen-bond acceptors (Lipinski definition) is 8. The standard InChI is InChI=1S/2C17H18N3.2C2H3N.2F6P.Ru/c2*1-13-10-14(2)17(15(3)11-13)20-9-8-19(12-20)16-6-4-5-7-18-16;2*1-2-3;2*1-7(2,3,4,5)6;/h2*4-12H,1-3H3;2*1H3;;;/q2*-1;;;2*-1;+4. The average molecular weight is 1000 g/mol. The summed E-state index contributed by atoms with van der Waals surface area (Å²) in [6.45, 7) is 19.9. The predicted octanol–water partition coefficient (Wildman–Crippen LogP) is 15.7. The summed E-state index contributed by atoms with van der Waals surface area (Å²) >= 11 is 0. The van der Waals surface area contributed by atoms with Crippen molar-refractivity contribution in [2.75, 3.05) is 19.6 Å². The van der Waals surface area contributed by atoms with Gasteiger partial charge in [0.1, 0.15) is 11.6 Å². The van der Waals surface area contributed by atoms with E-state index in [1.807, 2.05) is 71.0 Å². The van der Waals surface area contributed by atoms with E-state index < -0.39 is 15.6 Å². The van der Waals surface area contributed by atoms with Crippen LogP contribution < -0.4 is 19.6 Å². The first-order chi connectivity index (χ1) is 27.0. The van der Waals surface area contributed by atoms with Crippen LogP contribution in [-0.4, -0.2) is 9.97 Å². The largest absolute Gasteiger partial charge is 4.00 e. The molecule has 2 aromatic heterocycles. The molecule has 0 saturated carbocycles. The fourth-order valence-corrected chi connectivity index (χ4v) is 5.42. The molecule has 2 aliphatic heterocycles. The molecule has 0 N–H and O–H groups in total. The zero-order valence-electron chi connectivity index (χ0n) is 33.8. The first kappa shape index (κ1) is 56.0. The maximum Gasteiger partial charge on any atom is 4.00 e. The maximum absolute atomic E-state index is 10.7. The van der Waals surface area contributed by atoms with E-state index in [4.69, 9.17) is 10.5 Å². The molecule has 0 radical (unpaired) electrons. The Balaban J connectivity index is 0.000000819. The van der Waals surface area contributed by atoms with Crippen LogP contribution in [0, 0.1) is 77.5 Å². The molecule has 4 aromatic rings. The number of nitriles is 2. The van der Waals surface area contributed by atoms with Gasteiger partial charge in [0.05, 0.1) is 12.1 Å². The van der Waals surface area contributed by atoms with E-state index in [0.717, 1.165) is 11.6 Å². The van der Waals surface area contributed by atoms with Crippen molar-refractivity contribution >= 4 is 38.6 Å². The van der Waals surface area contributed by atoms with Crippen molar-refractivity contribution in [1.29, 1.82) is 10.5 Å². The van der Waals surface area contributed by atoms with E-state index >= 15 is 0 Å². The van der Waals surface area contributed by atoms with Crippen molar-refractivity contribution in [1.82, 2.24) is 9.97 Å². The molecule has 2 aromatic carbocycles. The van der Waals surface area contributed by atoms with Gasteiger partial charge in [0.15, 0.2) is 0 Å². The minimum Gasteiger partial charge on any atom is 4.00 e. The average Bonchev–Trinajstić information content (AvgIpc) is 3.74. The van der Waals surface area contributed by atoms with Crippen LogP contribution in [0.4, 0.5) is 73.4 Å². The number of pyridine rings is 2. The molecule has 336 valence electrons. The van der Waals surface area contributed by atoms with Crippen LogP contribution in [0.1, 0.15) is 47.2 Å². The molecular formula is C38H42F12N8P2Ru. The Bertz CT molecular complexity index is 1970. The number of benzene rings is 2. The van der Waals surface area contributed by atoms with E-state index in [2.05, 4.69) is 111 Å². The molecule has 0 aliphatic carbocycles. The van der Waals surface area contributed by atoms with E-state index in [-0.39, 0.29) is 19.5 Å². The normalized spacial score (nSPS) is 14.9. The molecule has 0 bridgehead atoms. The Hall–Kier alpha value is -4.96. The molecule has 6 rings (SSSR count). The Morgan fingerprint density at radius 3 is 0.918 bits per heavy atom. The van der Waals surface area contributed by atoms with Gasteiger partial charge in [-0.25, -0.2) is 9.97 Å². The third-order valence-corrected chi connectivity index (χ3v) is 6.89. The second kappa shape index (κ2) is 20.3. The van der Waals surface area contributed by atoms with Crippen molar-refractivity contribution in [3.63, 3.8) is 0 Å². The Labute approximate surface area is 359 Å². The summed E-state index contributed by atoms with van der Waals surface area (Å²) in [5, 5.41) is 14.6. The Morgan fingerprint density at radius 2 is 0.705 bits per heavy atom. The second-order valence-electron chi connectivity index (χ2n) is 12.7. The molecular weight excluding hydrogens is 959 g/mol. The van der Waals surface area contributed by atoms with Crippen molar-refractivity contribution in [3.8, 4) is 12.1 Å². The van der Waals surface area contributed by atoms with Gasteiger partial charge in [0, 0.05) is 37.6 Å². The van der Waals surface area contributed by atoms with Gasteiger partial charge in [-0.15, -0.1) is 13.3 Å². The number of aromatic nitrogens is 2. The zero-order chi connectivity index (χ0) is 46.5. The van der Waals surface area contributed by atoms with Crippen molar-refractivity contribution in [2.45, 2.75) is 55.4 Å². The van der Waals surface area contributed by atoms with Crippen LogP contribution in [0.2, 0.25) is 0 Å². The molecule has 0 saturated heterocycles. The second-order valence-corrected chi connectivity index (χ2v) is 16.5. The number of aryl methyl sites for hydroxylation is 6. The van der Waals surface area contributed by atoms with Crippen LogP contribution in [0.3, 0.4) is 0 Å². The third-order valence-electron chi connectivity index (χ3n) is 6.89. The van der Waals surface area contributed by atoms with E-state index in [1.165, 1.54) is 58.6 Å². The number of nitrogens with zero attached hydrogens (tertiary/aromatic N) is 8. The maximum atomic E-state index is 9.87. The number of anilines is 4. The number of hydrogen-bond donors (Lipinski definition) is 0. The monoisotopic (exact) mass is 1000 g/mol. The summed E-state index contributed by atoms with van der Waals surface area (Å²) in [6.07, 6.45) is 11.8. The molecule has 61 heavy (non-hydrogen) atoms. The van der Waals surface area contributed by atoms with Gasteiger partial charge in [-0.2, -0.15) is 10.5 Å². The number of rotatable bonds is 4.